The first-order chi connectivity index (χ1) is 14.5. The van der Waals surface area contributed by atoms with Crippen molar-refractivity contribution in [2.75, 3.05) is 6.61 Å². The third-order valence-electron chi connectivity index (χ3n) is 5.96. The van der Waals surface area contributed by atoms with Crippen LogP contribution in [0.25, 0.3) is 0 Å². The lowest BCUT2D eigenvalue weighted by molar-refractivity contribution is -0.231. The molecule has 0 amide bonds. The van der Waals surface area contributed by atoms with Gasteiger partial charge in [0.2, 0.25) is 0 Å². The summed E-state index contributed by atoms with van der Waals surface area (Å²) < 4.78 is 11.6. The molecule has 0 aromatic heterocycles. The van der Waals surface area contributed by atoms with Crippen LogP contribution in [0, 0.1) is 0 Å². The van der Waals surface area contributed by atoms with Crippen LogP contribution in [-0.2, 0) is 11.2 Å². The van der Waals surface area contributed by atoms with Gasteiger partial charge < -0.3 is 29.9 Å². The van der Waals surface area contributed by atoms with Crippen molar-refractivity contribution in [1.29, 1.82) is 0 Å². The van der Waals surface area contributed by atoms with Gasteiger partial charge in [0, 0.05) is 5.02 Å². The number of benzene rings is 2. The third kappa shape index (κ3) is 4.49. The number of halogens is 1. The Balaban J connectivity index is 1.50. The highest BCUT2D eigenvalue weighted by Crippen LogP contribution is 2.34. The summed E-state index contributed by atoms with van der Waals surface area (Å²) in [6.45, 7) is -0.461. The summed E-state index contributed by atoms with van der Waals surface area (Å²) in [4.78, 5) is 0. The van der Waals surface area contributed by atoms with Gasteiger partial charge in [0.25, 0.3) is 0 Å². The van der Waals surface area contributed by atoms with Crippen molar-refractivity contribution in [2.24, 2.45) is 0 Å². The topological polar surface area (TPSA) is 99.4 Å². The molecule has 1 saturated carbocycles. The summed E-state index contributed by atoms with van der Waals surface area (Å²) in [5, 5.41) is 40.4. The molecule has 2 aromatic carbocycles. The first kappa shape index (κ1) is 21.6. The van der Waals surface area contributed by atoms with E-state index in [1.54, 1.807) is 12.1 Å². The summed E-state index contributed by atoms with van der Waals surface area (Å²) in [6, 6.07) is 13.2. The van der Waals surface area contributed by atoms with Crippen molar-refractivity contribution in [2.45, 2.75) is 62.3 Å². The summed E-state index contributed by atoms with van der Waals surface area (Å²) in [7, 11) is 0. The van der Waals surface area contributed by atoms with Gasteiger partial charge in [-0.05, 0) is 60.6 Å². The fourth-order valence-electron chi connectivity index (χ4n) is 3.87. The van der Waals surface area contributed by atoms with Crippen molar-refractivity contribution in [3.63, 3.8) is 0 Å². The second-order valence-electron chi connectivity index (χ2n) is 8.09. The van der Waals surface area contributed by atoms with Crippen molar-refractivity contribution in [3.05, 3.63) is 64.2 Å². The minimum absolute atomic E-state index is 0.334. The molecule has 0 spiro atoms. The van der Waals surface area contributed by atoms with Gasteiger partial charge in [-0.25, -0.2) is 0 Å². The summed E-state index contributed by atoms with van der Waals surface area (Å²) in [6.07, 6.45) is -1.58. The molecule has 4 rings (SSSR count). The predicted molar refractivity (Wildman–Crippen MR) is 112 cm³/mol. The van der Waals surface area contributed by atoms with E-state index < -0.39 is 37.1 Å². The smallest absolute Gasteiger partial charge is 0.119 e. The van der Waals surface area contributed by atoms with E-state index in [4.69, 9.17) is 21.1 Å². The third-order valence-corrected chi connectivity index (χ3v) is 6.33. The van der Waals surface area contributed by atoms with Crippen molar-refractivity contribution < 1.29 is 29.9 Å². The Morgan fingerprint density at radius 3 is 2.33 bits per heavy atom. The van der Waals surface area contributed by atoms with Crippen LogP contribution in [0.1, 0.15) is 42.1 Å². The molecule has 1 aliphatic carbocycles. The summed E-state index contributed by atoms with van der Waals surface area (Å²) in [5.41, 5.74) is 2.53. The van der Waals surface area contributed by atoms with E-state index in [2.05, 4.69) is 0 Å². The first-order valence-electron chi connectivity index (χ1n) is 10.3. The standard InChI is InChI=1S/C23H27ClO6/c24-18-9-6-14(23-22(28)21(27)20(26)19(12-25)30-23)11-15(18)10-13-4-7-17(8-5-13)29-16-2-1-3-16/h4-9,11,16,19-23,25-28H,1-3,10,12H2/t19-,20-,21+,22-,23+/m1/s1. The Bertz CT molecular complexity index is 851. The molecule has 2 fully saturated rings. The van der Waals surface area contributed by atoms with Crippen LogP contribution in [0.4, 0.5) is 0 Å². The fraction of sp³-hybridized carbons (Fsp3) is 0.478. The average molecular weight is 435 g/mol. The van der Waals surface area contributed by atoms with Crippen molar-refractivity contribution in [1.82, 2.24) is 0 Å². The van der Waals surface area contributed by atoms with E-state index in [-0.39, 0.29) is 0 Å². The maximum atomic E-state index is 10.4. The highest BCUT2D eigenvalue weighted by molar-refractivity contribution is 6.31. The molecule has 2 aliphatic rings. The van der Waals surface area contributed by atoms with Gasteiger partial charge in [-0.15, -0.1) is 0 Å². The van der Waals surface area contributed by atoms with E-state index in [9.17, 15) is 20.4 Å². The van der Waals surface area contributed by atoms with Crippen LogP contribution in [0.5, 0.6) is 5.75 Å². The first-order valence-corrected chi connectivity index (χ1v) is 10.7. The number of hydrogen-bond acceptors (Lipinski definition) is 6. The van der Waals surface area contributed by atoms with Crippen LogP contribution in [0.3, 0.4) is 0 Å². The van der Waals surface area contributed by atoms with E-state index in [0.29, 0.717) is 23.1 Å². The van der Waals surface area contributed by atoms with Gasteiger partial charge in [-0.1, -0.05) is 35.9 Å². The molecule has 0 unspecified atom stereocenters. The molecular formula is C23H27ClO6. The summed E-state index contributed by atoms with van der Waals surface area (Å²) >= 11 is 6.40. The molecule has 0 radical (unpaired) electrons. The van der Waals surface area contributed by atoms with E-state index >= 15 is 0 Å². The molecule has 0 bridgehead atoms. The zero-order valence-electron chi connectivity index (χ0n) is 16.5. The average Bonchev–Trinajstić information content (AvgIpc) is 2.72. The molecule has 5 atom stereocenters. The minimum Gasteiger partial charge on any atom is -0.490 e. The molecular weight excluding hydrogens is 408 g/mol. The van der Waals surface area contributed by atoms with Gasteiger partial charge in [-0.3, -0.25) is 0 Å². The zero-order valence-corrected chi connectivity index (χ0v) is 17.3. The van der Waals surface area contributed by atoms with Gasteiger partial charge in [0.15, 0.2) is 0 Å². The van der Waals surface area contributed by atoms with Crippen LogP contribution < -0.4 is 4.74 Å². The maximum absolute atomic E-state index is 10.4. The maximum Gasteiger partial charge on any atom is 0.119 e. The molecule has 1 heterocycles. The summed E-state index contributed by atoms with van der Waals surface area (Å²) in [5.74, 6) is 0.865. The van der Waals surface area contributed by atoms with Crippen molar-refractivity contribution in [3.8, 4) is 5.75 Å². The zero-order chi connectivity index (χ0) is 21.3. The van der Waals surface area contributed by atoms with Gasteiger partial charge in [-0.2, -0.15) is 0 Å². The Morgan fingerprint density at radius 1 is 0.967 bits per heavy atom. The van der Waals surface area contributed by atoms with E-state index in [1.807, 2.05) is 30.3 Å². The molecule has 6 nitrogen and oxygen atoms in total. The van der Waals surface area contributed by atoms with E-state index in [1.165, 1.54) is 6.42 Å². The number of rotatable bonds is 6. The number of aliphatic hydroxyl groups is 4. The highest BCUT2D eigenvalue weighted by Gasteiger charge is 2.44. The number of hydrogen-bond donors (Lipinski definition) is 4. The Labute approximate surface area is 180 Å². The second kappa shape index (κ2) is 9.22. The number of ether oxygens (including phenoxy) is 2. The van der Waals surface area contributed by atoms with Crippen LogP contribution >= 0.6 is 11.6 Å². The predicted octanol–water partition coefficient (Wildman–Crippen LogP) is 2.38. The van der Waals surface area contributed by atoms with Gasteiger partial charge in [0.05, 0.1) is 12.7 Å². The number of aliphatic hydroxyl groups excluding tert-OH is 4. The second-order valence-corrected chi connectivity index (χ2v) is 8.50. The Morgan fingerprint density at radius 2 is 1.70 bits per heavy atom. The van der Waals surface area contributed by atoms with E-state index in [0.717, 1.165) is 29.7 Å². The molecule has 7 heteroatoms. The lowest BCUT2D eigenvalue weighted by Gasteiger charge is -2.40. The van der Waals surface area contributed by atoms with Crippen LogP contribution in [-0.4, -0.2) is 57.6 Å². The monoisotopic (exact) mass is 434 g/mol. The van der Waals surface area contributed by atoms with Crippen LogP contribution in [0.15, 0.2) is 42.5 Å². The minimum atomic E-state index is -1.41. The largest absolute Gasteiger partial charge is 0.490 e. The van der Waals surface area contributed by atoms with Gasteiger partial charge >= 0.3 is 0 Å². The molecule has 1 aliphatic heterocycles. The normalized spacial score (nSPS) is 29.4. The SMILES string of the molecule is OC[C@H]1O[C@@H](c2ccc(Cl)c(Cc3ccc(OC4CCC4)cc3)c2)[C@H](O)[C@@H](O)[C@@H]1O. The highest BCUT2D eigenvalue weighted by atomic mass is 35.5. The molecule has 2 aromatic rings. The van der Waals surface area contributed by atoms with Crippen LogP contribution in [0.2, 0.25) is 5.02 Å². The quantitative estimate of drug-likeness (QED) is 0.557. The Hall–Kier alpha value is -1.67. The lowest BCUT2D eigenvalue weighted by Crippen LogP contribution is -2.55. The van der Waals surface area contributed by atoms with Gasteiger partial charge in [0.1, 0.15) is 36.3 Å². The Kier molecular flexibility index (Phi) is 6.63. The molecule has 1 saturated heterocycles. The molecule has 162 valence electrons. The molecule has 30 heavy (non-hydrogen) atoms. The fourth-order valence-corrected chi connectivity index (χ4v) is 4.06. The lowest BCUT2D eigenvalue weighted by atomic mass is 9.90. The van der Waals surface area contributed by atoms with Crippen molar-refractivity contribution >= 4 is 11.6 Å². The molecule has 4 N–H and O–H groups in total.